The van der Waals surface area contributed by atoms with Crippen LogP contribution in [0.3, 0.4) is 0 Å². The van der Waals surface area contributed by atoms with Crippen LogP contribution in [0.5, 0.6) is 0 Å². The summed E-state index contributed by atoms with van der Waals surface area (Å²) < 4.78 is 28.3. The molecule has 0 aromatic rings. The van der Waals surface area contributed by atoms with Crippen molar-refractivity contribution in [2.24, 2.45) is 0 Å². The first-order valence-corrected chi connectivity index (χ1v) is 9.33. The van der Waals surface area contributed by atoms with Gasteiger partial charge in [0.05, 0.1) is 0 Å². The van der Waals surface area contributed by atoms with Crippen LogP contribution in [-0.2, 0) is 28.6 Å². The maximum absolute atomic E-state index is 13.4. The Labute approximate surface area is 112 Å². The summed E-state index contributed by atoms with van der Waals surface area (Å²) in [5.41, 5.74) is 0. The molecule has 0 aliphatic heterocycles. The van der Waals surface area contributed by atoms with Gasteiger partial charge in [0.2, 0.25) is 0 Å². The van der Waals surface area contributed by atoms with Gasteiger partial charge in [0.15, 0.2) is 0 Å². The Morgan fingerprint density at radius 2 is 1.06 bits per heavy atom. The van der Waals surface area contributed by atoms with Crippen molar-refractivity contribution in [1.29, 1.82) is 0 Å². The zero-order chi connectivity index (χ0) is 14.8. The predicted octanol–water partition coefficient (Wildman–Crippen LogP) is 2.77. The Morgan fingerprint density at radius 1 is 0.833 bits per heavy atom. The molecule has 0 fully saturated rings. The molecule has 0 atom stereocenters. The Hall–Kier alpha value is 0.224. The monoisotopic (exact) mass is 303 g/mol. The average Bonchev–Trinajstić information content (AvgIpc) is 1.94. The molecule has 0 saturated heterocycles. The van der Waals surface area contributed by atoms with Crippen molar-refractivity contribution in [3.05, 3.63) is 0 Å². The fraction of sp³-hybridized carbons (Fsp3) is 1.00. The summed E-state index contributed by atoms with van der Waals surface area (Å²) in [6.07, 6.45) is -1.13. The average molecular weight is 303 g/mol. The first kappa shape index (κ1) is 18.2. The molecule has 0 rings (SSSR count). The van der Waals surface area contributed by atoms with Gasteiger partial charge in [-0.15, -0.1) is 0 Å². The van der Waals surface area contributed by atoms with Gasteiger partial charge in [-0.05, 0) is 0 Å². The van der Waals surface area contributed by atoms with Crippen LogP contribution < -0.4 is 0 Å². The topological polar surface area (TPSA) is 65.0 Å². The van der Waals surface area contributed by atoms with E-state index >= 15 is 0 Å². The molecule has 0 aliphatic rings. The van der Waals surface area contributed by atoms with Crippen LogP contribution in [0, 0.1) is 0 Å². The number of aliphatic hydroxyl groups is 1. The first-order chi connectivity index (χ1) is 7.81. The molecular formula is C12H28O5V. The molecule has 0 aromatic heterocycles. The van der Waals surface area contributed by atoms with Crippen molar-refractivity contribution < 1.29 is 33.7 Å². The van der Waals surface area contributed by atoms with E-state index in [9.17, 15) is 8.78 Å². The zero-order valence-electron chi connectivity index (χ0n) is 12.8. The number of rotatable bonds is 7. The van der Waals surface area contributed by atoms with Crippen LogP contribution in [-0.4, -0.2) is 27.7 Å². The summed E-state index contributed by atoms with van der Waals surface area (Å²) >= 11 is -5.51. The van der Waals surface area contributed by atoms with Gasteiger partial charge in [0.25, 0.3) is 0 Å². The van der Waals surface area contributed by atoms with Gasteiger partial charge in [0.1, 0.15) is 0 Å². The van der Waals surface area contributed by atoms with Gasteiger partial charge in [-0.2, -0.15) is 0 Å². The first-order valence-electron chi connectivity index (χ1n) is 6.35. The molecule has 18 heavy (non-hydrogen) atoms. The van der Waals surface area contributed by atoms with Gasteiger partial charge < -0.3 is 0 Å². The predicted molar refractivity (Wildman–Crippen MR) is 65.6 cm³/mol. The molecule has 0 bridgehead atoms. The molecule has 0 aliphatic carbocycles. The Balaban J connectivity index is 5.77. The molecule has 0 spiro atoms. The van der Waals surface area contributed by atoms with Crippen LogP contribution >= 0.6 is 0 Å². The van der Waals surface area contributed by atoms with Crippen molar-refractivity contribution in [2.45, 2.75) is 78.0 Å². The summed E-state index contributed by atoms with van der Waals surface area (Å²) in [5.74, 6) is 0. The van der Waals surface area contributed by atoms with E-state index in [2.05, 4.69) is 0 Å². The third-order valence-electron chi connectivity index (χ3n) is 2.07. The second-order valence-corrected chi connectivity index (χ2v) is 11.0. The second-order valence-electron chi connectivity index (χ2n) is 5.77. The number of hydrogen-bond donors (Lipinski definition) is 1. The van der Waals surface area contributed by atoms with Crippen LogP contribution in [0.25, 0.3) is 0 Å². The van der Waals surface area contributed by atoms with E-state index in [0.29, 0.717) is 0 Å². The van der Waals surface area contributed by atoms with E-state index in [1.165, 1.54) is 13.8 Å². The van der Waals surface area contributed by atoms with E-state index < -0.39 is 18.2 Å². The summed E-state index contributed by atoms with van der Waals surface area (Å²) in [7, 11) is 0. The van der Waals surface area contributed by atoms with E-state index in [0.717, 1.165) is 0 Å². The van der Waals surface area contributed by atoms with Crippen LogP contribution in [0.1, 0.15) is 55.4 Å². The minimum atomic E-state index is -5.51. The minimum absolute atomic E-state index is 0.377. The van der Waals surface area contributed by atoms with Crippen LogP contribution in [0.4, 0.5) is 0 Å². The van der Waals surface area contributed by atoms with Crippen molar-refractivity contribution in [2.75, 3.05) is 0 Å². The fourth-order valence-corrected chi connectivity index (χ4v) is 6.40. The summed E-state index contributed by atoms with van der Waals surface area (Å²) in [5, 5.41) is 10.3. The van der Waals surface area contributed by atoms with Gasteiger partial charge in [-0.1, -0.05) is 0 Å². The van der Waals surface area contributed by atoms with Crippen LogP contribution in [0.15, 0.2) is 0 Å². The van der Waals surface area contributed by atoms with Crippen LogP contribution in [0.2, 0.25) is 0 Å². The maximum atomic E-state index is 13.4. The Morgan fingerprint density at radius 3 is 1.17 bits per heavy atom. The quantitative estimate of drug-likeness (QED) is 0.783. The Kier molecular flexibility index (Phi) is 5.76. The van der Waals surface area contributed by atoms with Gasteiger partial charge >= 0.3 is 112 Å². The third-order valence-corrected chi connectivity index (χ3v) is 8.54. The van der Waals surface area contributed by atoms with Gasteiger partial charge in [0, 0.05) is 0 Å². The summed E-state index contributed by atoms with van der Waals surface area (Å²) in [4.78, 5) is 0. The molecular weight excluding hydrogens is 275 g/mol. The van der Waals surface area contributed by atoms with Crippen molar-refractivity contribution in [1.82, 2.24) is 0 Å². The fourth-order valence-electron chi connectivity index (χ4n) is 1.55. The molecule has 111 valence electrons. The van der Waals surface area contributed by atoms with E-state index in [1.807, 2.05) is 0 Å². The molecule has 0 heterocycles. The second kappa shape index (κ2) is 5.69. The number of hydrogen-bond acceptors (Lipinski definition) is 5. The molecule has 5 nitrogen and oxygen atoms in total. The van der Waals surface area contributed by atoms with Crippen molar-refractivity contribution >= 4 is 0 Å². The van der Waals surface area contributed by atoms with Gasteiger partial charge in [-0.3, -0.25) is 0 Å². The van der Waals surface area contributed by atoms with E-state index in [-0.39, 0.29) is 18.3 Å². The molecule has 0 unspecified atom stereocenters. The van der Waals surface area contributed by atoms with E-state index in [4.69, 9.17) is 11.0 Å². The molecule has 0 amide bonds. The summed E-state index contributed by atoms with van der Waals surface area (Å²) in [6, 6.07) is 0. The molecule has 6 heteroatoms. The standard InChI is InChI=1S/4C3H7O.O.V/c4*1-3(2)4;;/h4H,1-2H3;3*3H,1-2H3;;/q;3*-1;;+3. The molecule has 0 radical (unpaired) electrons. The summed E-state index contributed by atoms with van der Waals surface area (Å²) in [6.45, 7) is 13.2. The molecule has 0 saturated carbocycles. The van der Waals surface area contributed by atoms with Gasteiger partial charge in [-0.25, -0.2) is 0 Å². The Bertz CT molecular complexity index is 292. The molecule has 0 aromatic carbocycles. The SMILES string of the molecule is CC(C)[O][V](=[O])([O]C(C)C)([O]C(C)C)[C](C)(C)O. The van der Waals surface area contributed by atoms with E-state index in [1.54, 1.807) is 41.5 Å². The normalized spacial score (nSPS) is 16.3. The molecule has 1 N–H and O–H groups in total. The van der Waals surface area contributed by atoms with Crippen molar-refractivity contribution in [3.8, 4) is 0 Å². The zero-order valence-corrected chi connectivity index (χ0v) is 14.2. The van der Waals surface area contributed by atoms with Crippen molar-refractivity contribution in [3.63, 3.8) is 0 Å². The third kappa shape index (κ3) is 4.12.